The molecule has 1 fully saturated rings. The average molecular weight is 438 g/mol. The van der Waals surface area contributed by atoms with Gasteiger partial charge >= 0.3 is 11.9 Å². The van der Waals surface area contributed by atoms with E-state index in [9.17, 15) is 19.6 Å². The van der Waals surface area contributed by atoms with Gasteiger partial charge in [-0.05, 0) is 51.3 Å². The van der Waals surface area contributed by atoms with E-state index in [1.165, 1.54) is 10.5 Å². The molecule has 9 heteroatoms. The molecule has 168 valence electrons. The molecule has 0 bridgehead atoms. The van der Waals surface area contributed by atoms with Gasteiger partial charge in [-0.2, -0.15) is 5.26 Å². The van der Waals surface area contributed by atoms with Crippen molar-refractivity contribution in [3.63, 3.8) is 0 Å². The molecule has 0 spiro atoms. The lowest BCUT2D eigenvalue weighted by Gasteiger charge is -2.33. The maximum atomic E-state index is 13.4. The van der Waals surface area contributed by atoms with Crippen LogP contribution in [0.25, 0.3) is 11.7 Å². The van der Waals surface area contributed by atoms with Gasteiger partial charge in [-0.25, -0.2) is 9.78 Å². The first-order valence-corrected chi connectivity index (χ1v) is 10.6. The maximum absolute atomic E-state index is 13.4. The van der Waals surface area contributed by atoms with E-state index in [0.29, 0.717) is 44.0 Å². The van der Waals surface area contributed by atoms with E-state index < -0.39 is 11.5 Å². The molecule has 9 nitrogen and oxygen atoms in total. The number of esters is 2. The van der Waals surface area contributed by atoms with Crippen LogP contribution in [0.5, 0.6) is 0 Å². The van der Waals surface area contributed by atoms with Gasteiger partial charge in [-0.15, -0.1) is 0 Å². The number of fused-ring (bicyclic) bond motifs is 1. The second-order valence-electron chi connectivity index (χ2n) is 7.47. The van der Waals surface area contributed by atoms with Gasteiger partial charge in [0.15, 0.2) is 0 Å². The Hall–Kier alpha value is -3.67. The molecule has 0 aromatic carbocycles. The molecular formula is C23H26N4O5. The molecule has 0 aliphatic carbocycles. The summed E-state index contributed by atoms with van der Waals surface area (Å²) < 4.78 is 11.5. The SMILES string of the molecule is CCOC(=O)/C(C#N)=C/c1c(N2CCC[C@H](C(=O)OCC)C2)nc2c(C)cccn2c1=O. The molecule has 2 aromatic heterocycles. The van der Waals surface area contributed by atoms with Crippen molar-refractivity contribution in [2.75, 3.05) is 31.2 Å². The zero-order valence-electron chi connectivity index (χ0n) is 18.5. The number of pyridine rings is 1. The molecule has 3 rings (SSSR count). The normalized spacial score (nSPS) is 16.5. The highest BCUT2D eigenvalue weighted by Gasteiger charge is 2.30. The van der Waals surface area contributed by atoms with Crippen LogP contribution in [-0.2, 0) is 19.1 Å². The molecule has 0 saturated carbocycles. The van der Waals surface area contributed by atoms with E-state index in [0.717, 1.165) is 5.56 Å². The van der Waals surface area contributed by atoms with Crippen molar-refractivity contribution in [2.45, 2.75) is 33.6 Å². The van der Waals surface area contributed by atoms with Crippen LogP contribution in [0.2, 0.25) is 0 Å². The Bertz CT molecular complexity index is 1160. The Labute approximate surface area is 185 Å². The van der Waals surface area contributed by atoms with Gasteiger partial charge < -0.3 is 14.4 Å². The molecular weight excluding hydrogens is 412 g/mol. The highest BCUT2D eigenvalue weighted by Crippen LogP contribution is 2.26. The van der Waals surface area contributed by atoms with Crippen molar-refractivity contribution >= 4 is 29.5 Å². The lowest BCUT2D eigenvalue weighted by molar-refractivity contribution is -0.148. The molecule has 1 saturated heterocycles. The standard InChI is InChI=1S/C23H26N4O5/c1-4-31-22(29)16-9-7-10-26(14-16)20-18(12-17(13-24)23(30)32-5-2)21(28)27-11-6-8-15(3)19(27)25-20/h6,8,11-12,16H,4-5,7,9-10,14H2,1-3H3/b17-12+/t16-/m0/s1. The number of nitrogens with zero attached hydrogens (tertiary/aromatic N) is 4. The van der Waals surface area contributed by atoms with Crippen molar-refractivity contribution in [1.82, 2.24) is 9.38 Å². The van der Waals surface area contributed by atoms with E-state index in [-0.39, 0.29) is 29.6 Å². The largest absolute Gasteiger partial charge is 0.466 e. The van der Waals surface area contributed by atoms with Gasteiger partial charge in [0.25, 0.3) is 5.56 Å². The fourth-order valence-corrected chi connectivity index (χ4v) is 3.78. The monoisotopic (exact) mass is 438 g/mol. The molecule has 0 N–H and O–H groups in total. The number of hydrogen-bond acceptors (Lipinski definition) is 8. The van der Waals surface area contributed by atoms with E-state index in [4.69, 9.17) is 14.5 Å². The van der Waals surface area contributed by atoms with Crippen molar-refractivity contribution in [2.24, 2.45) is 5.92 Å². The summed E-state index contributed by atoms with van der Waals surface area (Å²) in [5, 5.41) is 9.48. The van der Waals surface area contributed by atoms with Crippen molar-refractivity contribution in [3.05, 3.63) is 45.4 Å². The Morgan fingerprint density at radius 2 is 2.06 bits per heavy atom. The van der Waals surface area contributed by atoms with Crippen LogP contribution in [0, 0.1) is 24.2 Å². The Kier molecular flexibility index (Phi) is 7.25. The molecule has 2 aromatic rings. The number of carbonyl (C=O) groups is 2. The molecule has 1 aliphatic rings. The fraction of sp³-hybridized carbons (Fsp3) is 0.435. The quantitative estimate of drug-likeness (QED) is 0.383. The summed E-state index contributed by atoms with van der Waals surface area (Å²) in [5.41, 5.74) is 0.661. The number of aromatic nitrogens is 2. The predicted octanol–water partition coefficient (Wildman–Crippen LogP) is 2.25. The second kappa shape index (κ2) is 10.1. The number of nitriles is 1. The topological polar surface area (TPSA) is 114 Å². The summed E-state index contributed by atoms with van der Waals surface area (Å²) in [6, 6.07) is 5.39. The van der Waals surface area contributed by atoms with Gasteiger partial charge in [-0.3, -0.25) is 14.0 Å². The lowest BCUT2D eigenvalue weighted by Crippen LogP contribution is -2.41. The van der Waals surface area contributed by atoms with E-state index in [1.807, 2.05) is 24.0 Å². The average Bonchev–Trinajstić information content (AvgIpc) is 2.79. The minimum Gasteiger partial charge on any atom is -0.466 e. The number of rotatable bonds is 6. The fourth-order valence-electron chi connectivity index (χ4n) is 3.78. The maximum Gasteiger partial charge on any atom is 0.348 e. The second-order valence-corrected chi connectivity index (χ2v) is 7.47. The summed E-state index contributed by atoms with van der Waals surface area (Å²) >= 11 is 0. The van der Waals surface area contributed by atoms with Crippen LogP contribution in [0.15, 0.2) is 28.7 Å². The summed E-state index contributed by atoms with van der Waals surface area (Å²) in [7, 11) is 0. The Morgan fingerprint density at radius 3 is 2.75 bits per heavy atom. The first kappa shape index (κ1) is 23.0. The first-order chi connectivity index (χ1) is 15.4. The Balaban J connectivity index is 2.18. The van der Waals surface area contributed by atoms with Crippen molar-refractivity contribution < 1.29 is 19.1 Å². The molecule has 32 heavy (non-hydrogen) atoms. The smallest absolute Gasteiger partial charge is 0.348 e. The number of piperidine rings is 1. The van der Waals surface area contributed by atoms with Gasteiger partial charge in [0.05, 0.1) is 24.7 Å². The van der Waals surface area contributed by atoms with Gasteiger partial charge in [-0.1, -0.05) is 6.07 Å². The minimum atomic E-state index is -0.808. The van der Waals surface area contributed by atoms with Gasteiger partial charge in [0.2, 0.25) is 0 Å². The number of aryl methyl sites for hydroxylation is 1. The molecule has 0 radical (unpaired) electrons. The highest BCUT2D eigenvalue weighted by atomic mass is 16.5. The predicted molar refractivity (Wildman–Crippen MR) is 118 cm³/mol. The van der Waals surface area contributed by atoms with Crippen LogP contribution in [-0.4, -0.2) is 47.6 Å². The lowest BCUT2D eigenvalue weighted by atomic mass is 9.97. The van der Waals surface area contributed by atoms with Crippen LogP contribution < -0.4 is 10.5 Å². The van der Waals surface area contributed by atoms with Gasteiger partial charge in [0, 0.05) is 19.3 Å². The number of carbonyl (C=O) groups excluding carboxylic acids is 2. The first-order valence-electron chi connectivity index (χ1n) is 10.6. The molecule has 0 unspecified atom stereocenters. The summed E-state index contributed by atoms with van der Waals surface area (Å²) in [4.78, 5) is 44.5. The number of hydrogen-bond donors (Lipinski definition) is 0. The highest BCUT2D eigenvalue weighted by molar-refractivity contribution is 5.98. The Morgan fingerprint density at radius 1 is 1.31 bits per heavy atom. The van der Waals surface area contributed by atoms with Crippen LogP contribution in [0.1, 0.15) is 37.8 Å². The third-order valence-electron chi connectivity index (χ3n) is 5.31. The molecule has 1 aliphatic heterocycles. The van der Waals surface area contributed by atoms with Crippen molar-refractivity contribution in [1.29, 1.82) is 5.26 Å². The molecule has 1 atom stereocenters. The number of ether oxygens (including phenoxy) is 2. The van der Waals surface area contributed by atoms with Gasteiger partial charge in [0.1, 0.15) is 23.1 Å². The van der Waals surface area contributed by atoms with E-state index in [2.05, 4.69) is 0 Å². The van der Waals surface area contributed by atoms with Crippen LogP contribution in [0.4, 0.5) is 5.82 Å². The van der Waals surface area contributed by atoms with Crippen molar-refractivity contribution in [3.8, 4) is 6.07 Å². The zero-order valence-corrected chi connectivity index (χ0v) is 18.5. The summed E-state index contributed by atoms with van der Waals surface area (Å²) in [6.07, 6.45) is 4.21. The van der Waals surface area contributed by atoms with Crippen LogP contribution in [0.3, 0.4) is 0 Å². The van der Waals surface area contributed by atoms with E-state index >= 15 is 0 Å². The van der Waals surface area contributed by atoms with Crippen LogP contribution >= 0.6 is 0 Å². The number of anilines is 1. The molecule has 0 amide bonds. The summed E-state index contributed by atoms with van der Waals surface area (Å²) in [6.45, 7) is 6.54. The van der Waals surface area contributed by atoms with E-state index in [1.54, 1.807) is 26.1 Å². The summed E-state index contributed by atoms with van der Waals surface area (Å²) in [5.74, 6) is -1.11. The molecule has 3 heterocycles. The third kappa shape index (κ3) is 4.64. The minimum absolute atomic E-state index is 0.0993. The zero-order chi connectivity index (χ0) is 23.3. The third-order valence-corrected chi connectivity index (χ3v) is 5.31.